The molecule has 0 saturated heterocycles. The monoisotopic (exact) mass is 302 g/mol. The Morgan fingerprint density at radius 2 is 2.16 bits per heavy atom. The van der Waals surface area contributed by atoms with Crippen molar-refractivity contribution in [3.05, 3.63) is 15.8 Å². The number of hydrogen-bond acceptors (Lipinski definition) is 4. The molecule has 4 nitrogen and oxygen atoms in total. The molecule has 1 atom stereocenters. The number of hydrogen-bond donors (Lipinski definition) is 1. The van der Waals surface area contributed by atoms with E-state index in [0.29, 0.717) is 17.4 Å². The van der Waals surface area contributed by atoms with E-state index in [1.54, 1.807) is 11.4 Å². The van der Waals surface area contributed by atoms with Gasteiger partial charge in [-0.2, -0.15) is 4.31 Å². The molecule has 19 heavy (non-hydrogen) atoms. The quantitative estimate of drug-likeness (QED) is 0.876. The summed E-state index contributed by atoms with van der Waals surface area (Å²) in [5.41, 5.74) is 0.852. The minimum absolute atomic E-state index is 0.0896. The van der Waals surface area contributed by atoms with Crippen LogP contribution in [0.5, 0.6) is 0 Å². The third kappa shape index (κ3) is 2.86. The molecule has 1 aromatic rings. The summed E-state index contributed by atoms with van der Waals surface area (Å²) in [6.45, 7) is 4.48. The summed E-state index contributed by atoms with van der Waals surface area (Å²) in [6, 6.07) is 0.0896. The Hall–Kier alpha value is -0.430. The normalized spacial score (nSPS) is 17.9. The van der Waals surface area contributed by atoms with Crippen LogP contribution in [-0.4, -0.2) is 32.9 Å². The van der Waals surface area contributed by atoms with Gasteiger partial charge in [-0.1, -0.05) is 0 Å². The molecule has 1 aromatic heterocycles. The Bertz CT molecular complexity index is 547. The maximum absolute atomic E-state index is 12.8. The average Bonchev–Trinajstić information content (AvgIpc) is 3.13. The van der Waals surface area contributed by atoms with Crippen molar-refractivity contribution in [2.45, 2.75) is 44.2 Å². The van der Waals surface area contributed by atoms with Crippen LogP contribution in [0.3, 0.4) is 0 Å². The zero-order chi connectivity index (χ0) is 14.2. The van der Waals surface area contributed by atoms with Gasteiger partial charge in [-0.15, -0.1) is 11.3 Å². The van der Waals surface area contributed by atoms with Crippen LogP contribution in [0.15, 0.2) is 10.3 Å². The summed E-state index contributed by atoms with van der Waals surface area (Å²) in [7, 11) is 0.163. The van der Waals surface area contributed by atoms with Crippen LogP contribution in [0, 0.1) is 12.8 Å². The topological polar surface area (TPSA) is 49.4 Å². The van der Waals surface area contributed by atoms with Gasteiger partial charge in [-0.3, -0.25) is 0 Å². The molecule has 0 radical (unpaired) electrons. The predicted octanol–water partition coefficient (Wildman–Crippen LogP) is 2.19. The number of nitrogens with zero attached hydrogens (tertiary/aromatic N) is 1. The van der Waals surface area contributed by atoms with Crippen molar-refractivity contribution < 1.29 is 8.42 Å². The first-order valence-electron chi connectivity index (χ1n) is 6.59. The zero-order valence-electron chi connectivity index (χ0n) is 11.9. The third-order valence-corrected chi connectivity index (χ3v) is 7.25. The lowest BCUT2D eigenvalue weighted by atomic mass is 10.2. The lowest BCUT2D eigenvalue weighted by Crippen LogP contribution is -2.37. The Morgan fingerprint density at radius 1 is 1.53 bits per heavy atom. The molecule has 0 aromatic carbocycles. The van der Waals surface area contributed by atoms with Crippen molar-refractivity contribution in [3.8, 4) is 0 Å². The second kappa shape index (κ2) is 5.52. The van der Waals surface area contributed by atoms with Gasteiger partial charge in [0.1, 0.15) is 4.90 Å². The number of rotatable bonds is 6. The SMILES string of the molecule is CNCc1scc(C)c1S(=O)(=O)N(C)C(C)C1CC1. The lowest BCUT2D eigenvalue weighted by molar-refractivity contribution is 0.356. The van der Waals surface area contributed by atoms with Crippen LogP contribution in [0.2, 0.25) is 0 Å². The fourth-order valence-corrected chi connectivity index (χ4v) is 5.55. The van der Waals surface area contributed by atoms with Crippen LogP contribution in [-0.2, 0) is 16.6 Å². The first-order valence-corrected chi connectivity index (χ1v) is 8.91. The van der Waals surface area contributed by atoms with Crippen LogP contribution < -0.4 is 5.32 Å². The van der Waals surface area contributed by atoms with E-state index in [4.69, 9.17) is 0 Å². The maximum atomic E-state index is 12.8. The molecule has 1 aliphatic carbocycles. The van der Waals surface area contributed by atoms with Gasteiger partial charge in [-0.25, -0.2) is 8.42 Å². The minimum Gasteiger partial charge on any atom is -0.315 e. The van der Waals surface area contributed by atoms with Crippen LogP contribution in [0.1, 0.15) is 30.2 Å². The Balaban J connectivity index is 2.35. The molecule has 6 heteroatoms. The predicted molar refractivity (Wildman–Crippen MR) is 79.0 cm³/mol. The van der Waals surface area contributed by atoms with E-state index < -0.39 is 10.0 Å². The fraction of sp³-hybridized carbons (Fsp3) is 0.692. The Labute approximate surface area is 119 Å². The van der Waals surface area contributed by atoms with Crippen molar-refractivity contribution in [1.82, 2.24) is 9.62 Å². The van der Waals surface area contributed by atoms with Crippen molar-refractivity contribution in [3.63, 3.8) is 0 Å². The molecule has 0 bridgehead atoms. The van der Waals surface area contributed by atoms with Crippen LogP contribution in [0.4, 0.5) is 0 Å². The van der Waals surface area contributed by atoms with Gasteiger partial charge < -0.3 is 5.32 Å². The van der Waals surface area contributed by atoms with E-state index >= 15 is 0 Å². The summed E-state index contributed by atoms with van der Waals surface area (Å²) in [6.07, 6.45) is 2.29. The first kappa shape index (κ1) is 15.0. The maximum Gasteiger partial charge on any atom is 0.244 e. The molecular weight excluding hydrogens is 280 g/mol. The summed E-state index contributed by atoms with van der Waals surface area (Å²) < 4.78 is 27.1. The lowest BCUT2D eigenvalue weighted by Gasteiger charge is -2.24. The summed E-state index contributed by atoms with van der Waals surface area (Å²) in [4.78, 5) is 1.40. The molecule has 1 fully saturated rings. The van der Waals surface area contributed by atoms with E-state index in [1.165, 1.54) is 11.3 Å². The number of nitrogens with one attached hydrogen (secondary N) is 1. The molecule has 0 spiro atoms. The van der Waals surface area contributed by atoms with Crippen LogP contribution >= 0.6 is 11.3 Å². The van der Waals surface area contributed by atoms with Gasteiger partial charge in [0.2, 0.25) is 10.0 Å². The van der Waals surface area contributed by atoms with Crippen LogP contribution in [0.25, 0.3) is 0 Å². The van der Waals surface area contributed by atoms with Crippen molar-refractivity contribution in [2.75, 3.05) is 14.1 Å². The number of thiophene rings is 1. The highest BCUT2D eigenvalue weighted by molar-refractivity contribution is 7.89. The molecular formula is C13H22N2O2S2. The standard InChI is InChI=1S/C13H22N2O2S2/c1-9-8-18-12(7-14-3)13(9)19(16,17)15(4)10(2)11-5-6-11/h8,10-11,14H,5-7H2,1-4H3. The van der Waals surface area contributed by atoms with Gasteiger partial charge >= 0.3 is 0 Å². The highest BCUT2D eigenvalue weighted by Crippen LogP contribution is 2.38. The van der Waals surface area contributed by atoms with Crippen molar-refractivity contribution in [1.29, 1.82) is 0 Å². The highest BCUT2D eigenvalue weighted by atomic mass is 32.2. The molecule has 0 aliphatic heterocycles. The zero-order valence-corrected chi connectivity index (χ0v) is 13.6. The van der Waals surface area contributed by atoms with E-state index in [1.807, 2.05) is 26.3 Å². The molecule has 1 N–H and O–H groups in total. The Morgan fingerprint density at radius 3 is 2.68 bits per heavy atom. The van der Waals surface area contributed by atoms with Crippen molar-refractivity contribution >= 4 is 21.4 Å². The summed E-state index contributed by atoms with van der Waals surface area (Å²) in [5.74, 6) is 0.534. The van der Waals surface area contributed by atoms with Gasteiger partial charge in [0.25, 0.3) is 0 Å². The molecule has 1 aliphatic rings. The highest BCUT2D eigenvalue weighted by Gasteiger charge is 2.37. The smallest absolute Gasteiger partial charge is 0.244 e. The van der Waals surface area contributed by atoms with Gasteiger partial charge in [-0.05, 0) is 50.6 Å². The van der Waals surface area contributed by atoms with Crippen molar-refractivity contribution in [2.24, 2.45) is 5.92 Å². The van der Waals surface area contributed by atoms with E-state index in [9.17, 15) is 8.42 Å². The molecule has 1 unspecified atom stereocenters. The minimum atomic E-state index is -3.38. The third-order valence-electron chi connectivity index (χ3n) is 3.84. The second-order valence-electron chi connectivity index (χ2n) is 5.30. The first-order chi connectivity index (χ1) is 8.89. The summed E-state index contributed by atoms with van der Waals surface area (Å²) in [5, 5.41) is 4.97. The van der Waals surface area contributed by atoms with Gasteiger partial charge in [0.05, 0.1) is 0 Å². The van der Waals surface area contributed by atoms with E-state index in [-0.39, 0.29) is 6.04 Å². The number of sulfonamides is 1. The fourth-order valence-electron chi connectivity index (χ4n) is 2.35. The van der Waals surface area contributed by atoms with Gasteiger partial charge in [0.15, 0.2) is 0 Å². The Kier molecular flexibility index (Phi) is 4.35. The van der Waals surface area contributed by atoms with E-state index in [2.05, 4.69) is 5.32 Å². The molecule has 0 amide bonds. The van der Waals surface area contributed by atoms with E-state index in [0.717, 1.165) is 23.3 Å². The molecule has 108 valence electrons. The molecule has 1 heterocycles. The average molecular weight is 302 g/mol. The molecule has 2 rings (SSSR count). The van der Waals surface area contributed by atoms with Gasteiger partial charge in [0, 0.05) is 24.5 Å². The second-order valence-corrected chi connectivity index (χ2v) is 8.20. The molecule has 1 saturated carbocycles. The largest absolute Gasteiger partial charge is 0.315 e. The summed E-state index contributed by atoms with van der Waals surface area (Å²) >= 11 is 1.51. The number of aryl methyl sites for hydroxylation is 1.